The largest absolute Gasteiger partial charge is 0.421 e. The topological polar surface area (TPSA) is 130 Å². The first-order chi connectivity index (χ1) is 16.3. The number of nitrogens with zero attached hydrogens (tertiary/aromatic N) is 3. The highest BCUT2D eigenvalue weighted by molar-refractivity contribution is 7.92. The molecule has 186 valence electrons. The monoisotopic (exact) mass is 508 g/mol. The lowest BCUT2D eigenvalue weighted by Crippen LogP contribution is -2.24. The van der Waals surface area contributed by atoms with Crippen LogP contribution < -0.4 is 20.7 Å². The van der Waals surface area contributed by atoms with E-state index in [1.54, 1.807) is 37.3 Å². The van der Waals surface area contributed by atoms with Crippen LogP contribution >= 0.6 is 0 Å². The van der Waals surface area contributed by atoms with Gasteiger partial charge in [0, 0.05) is 31.0 Å². The molecule has 0 saturated carbocycles. The van der Waals surface area contributed by atoms with Gasteiger partial charge in [-0.1, -0.05) is 12.1 Å². The molecule has 1 heterocycles. The Bertz CT molecular complexity index is 1360. The molecule has 0 radical (unpaired) electrons. The molecule has 13 heteroatoms. The first-order valence-electron chi connectivity index (χ1n) is 10.1. The molecule has 2 aromatic carbocycles. The summed E-state index contributed by atoms with van der Waals surface area (Å²) in [5.41, 5.74) is 6.48. The van der Waals surface area contributed by atoms with Crippen LogP contribution in [0, 0.1) is 6.92 Å². The molecule has 0 aliphatic rings. The minimum atomic E-state index is -4.71. The van der Waals surface area contributed by atoms with Gasteiger partial charge in [0.15, 0.2) is 0 Å². The van der Waals surface area contributed by atoms with Gasteiger partial charge in [-0.05, 0) is 48.4 Å². The van der Waals surface area contributed by atoms with E-state index in [1.165, 1.54) is 19.2 Å². The Labute approximate surface area is 200 Å². The van der Waals surface area contributed by atoms with E-state index in [-0.39, 0.29) is 12.5 Å². The molecule has 0 fully saturated rings. The maximum Gasteiger partial charge on any atom is 0.421 e. The Balaban J connectivity index is 1.87. The van der Waals surface area contributed by atoms with Crippen molar-refractivity contribution >= 4 is 39.1 Å². The number of rotatable bonds is 8. The van der Waals surface area contributed by atoms with Crippen LogP contribution in [-0.2, 0) is 22.7 Å². The average Bonchev–Trinajstić information content (AvgIpc) is 2.76. The summed E-state index contributed by atoms with van der Waals surface area (Å²) in [6.07, 6.45) is -3.00. The fourth-order valence-electron chi connectivity index (χ4n) is 3.17. The molecule has 0 saturated heterocycles. The highest BCUT2D eigenvalue weighted by atomic mass is 32.2. The molecule has 0 unspecified atom stereocenters. The highest BCUT2D eigenvalue weighted by Gasteiger charge is 2.35. The molecule has 1 aromatic heterocycles. The molecule has 0 aliphatic heterocycles. The SMILES string of the molecule is Cc1cc(Nc2ncc(C(F)(F)F)c(NCc3cccc(N(C)S(C)(=O)=O)c3)n2)ccc1C(N)=O. The van der Waals surface area contributed by atoms with Crippen LogP contribution in [0.4, 0.5) is 36.3 Å². The Morgan fingerprint density at radius 2 is 1.89 bits per heavy atom. The third-order valence-corrected chi connectivity index (χ3v) is 6.28. The van der Waals surface area contributed by atoms with Gasteiger partial charge in [-0.2, -0.15) is 18.2 Å². The normalized spacial score (nSPS) is 11.7. The van der Waals surface area contributed by atoms with Crippen molar-refractivity contribution in [2.45, 2.75) is 19.6 Å². The number of nitrogens with one attached hydrogen (secondary N) is 2. The molecule has 3 aromatic rings. The number of anilines is 4. The molecule has 0 spiro atoms. The molecule has 35 heavy (non-hydrogen) atoms. The molecule has 9 nitrogen and oxygen atoms in total. The number of sulfonamides is 1. The van der Waals surface area contributed by atoms with Crippen molar-refractivity contribution in [2.75, 3.05) is 28.2 Å². The van der Waals surface area contributed by atoms with Crippen molar-refractivity contribution in [2.24, 2.45) is 5.73 Å². The smallest absolute Gasteiger partial charge is 0.366 e. The number of nitrogens with two attached hydrogens (primary N) is 1. The van der Waals surface area contributed by atoms with E-state index in [2.05, 4.69) is 20.6 Å². The number of aromatic nitrogens is 2. The summed E-state index contributed by atoms with van der Waals surface area (Å²) in [5, 5.41) is 5.48. The van der Waals surface area contributed by atoms with E-state index in [0.29, 0.717) is 34.3 Å². The van der Waals surface area contributed by atoms with E-state index >= 15 is 0 Å². The summed E-state index contributed by atoms with van der Waals surface area (Å²) in [6.45, 7) is 1.61. The van der Waals surface area contributed by atoms with Gasteiger partial charge >= 0.3 is 6.18 Å². The molecule has 3 rings (SSSR count). The predicted molar refractivity (Wildman–Crippen MR) is 127 cm³/mol. The third kappa shape index (κ3) is 6.38. The van der Waals surface area contributed by atoms with Crippen LogP contribution in [0.15, 0.2) is 48.7 Å². The van der Waals surface area contributed by atoms with E-state index < -0.39 is 33.5 Å². The summed E-state index contributed by atoms with van der Waals surface area (Å²) in [6, 6.07) is 11.0. The minimum Gasteiger partial charge on any atom is -0.366 e. The number of primary amides is 1. The average molecular weight is 509 g/mol. The van der Waals surface area contributed by atoms with Gasteiger partial charge in [0.25, 0.3) is 0 Å². The second-order valence-corrected chi connectivity index (χ2v) is 9.74. The molecule has 4 N–H and O–H groups in total. The fourth-order valence-corrected chi connectivity index (χ4v) is 3.67. The number of carbonyl (C=O) groups is 1. The summed E-state index contributed by atoms with van der Waals surface area (Å²) in [4.78, 5) is 19.1. The fraction of sp³-hybridized carbons (Fsp3) is 0.227. The Hall–Kier alpha value is -3.87. The van der Waals surface area contributed by atoms with Crippen molar-refractivity contribution in [3.8, 4) is 0 Å². The van der Waals surface area contributed by atoms with Gasteiger partial charge < -0.3 is 16.4 Å². The Morgan fingerprint density at radius 1 is 1.17 bits per heavy atom. The summed E-state index contributed by atoms with van der Waals surface area (Å²) < 4.78 is 65.3. The molecule has 1 amide bonds. The van der Waals surface area contributed by atoms with E-state index in [9.17, 15) is 26.4 Å². The second-order valence-electron chi connectivity index (χ2n) is 7.73. The van der Waals surface area contributed by atoms with Crippen molar-refractivity contribution in [3.63, 3.8) is 0 Å². The van der Waals surface area contributed by atoms with Gasteiger partial charge in [0.1, 0.15) is 11.4 Å². The minimum absolute atomic E-state index is 0.0581. The maximum atomic E-state index is 13.5. The zero-order chi connectivity index (χ0) is 26.0. The van der Waals surface area contributed by atoms with Crippen LogP contribution in [0.3, 0.4) is 0 Å². The summed E-state index contributed by atoms with van der Waals surface area (Å²) in [7, 11) is -2.12. The van der Waals surface area contributed by atoms with Crippen LogP contribution in [0.5, 0.6) is 0 Å². The third-order valence-electron chi connectivity index (χ3n) is 5.07. The summed E-state index contributed by atoms with van der Waals surface area (Å²) >= 11 is 0. The molecular weight excluding hydrogens is 485 g/mol. The van der Waals surface area contributed by atoms with Gasteiger partial charge in [-0.25, -0.2) is 13.4 Å². The van der Waals surface area contributed by atoms with Crippen LogP contribution in [0.2, 0.25) is 0 Å². The molecule has 0 bridgehead atoms. The number of alkyl halides is 3. The number of hydrogen-bond donors (Lipinski definition) is 3. The van der Waals surface area contributed by atoms with Crippen molar-refractivity contribution < 1.29 is 26.4 Å². The number of carbonyl (C=O) groups excluding carboxylic acids is 1. The van der Waals surface area contributed by atoms with E-state index in [4.69, 9.17) is 5.73 Å². The highest BCUT2D eigenvalue weighted by Crippen LogP contribution is 2.34. The number of benzene rings is 2. The number of amides is 1. The first-order valence-corrected chi connectivity index (χ1v) is 12.0. The van der Waals surface area contributed by atoms with Gasteiger partial charge in [0.05, 0.1) is 11.9 Å². The maximum absolute atomic E-state index is 13.5. The van der Waals surface area contributed by atoms with Crippen LogP contribution in [0.1, 0.15) is 27.0 Å². The molecular formula is C22H23F3N6O3S. The molecule has 0 aliphatic carbocycles. The second kappa shape index (κ2) is 9.78. The van der Waals surface area contributed by atoms with E-state index in [1.807, 2.05) is 0 Å². The lowest BCUT2D eigenvalue weighted by Gasteiger charge is -2.18. The zero-order valence-corrected chi connectivity index (χ0v) is 19.8. The van der Waals surface area contributed by atoms with E-state index in [0.717, 1.165) is 10.6 Å². The Kier molecular flexibility index (Phi) is 7.19. The molecule has 0 atom stereocenters. The van der Waals surface area contributed by atoms with Crippen molar-refractivity contribution in [1.29, 1.82) is 0 Å². The number of aryl methyl sites for hydroxylation is 1. The predicted octanol–water partition coefficient (Wildman–Crippen LogP) is 3.65. The van der Waals surface area contributed by atoms with Gasteiger partial charge in [-0.3, -0.25) is 9.10 Å². The lowest BCUT2D eigenvalue weighted by molar-refractivity contribution is -0.137. The van der Waals surface area contributed by atoms with Crippen molar-refractivity contribution in [3.05, 3.63) is 70.9 Å². The van der Waals surface area contributed by atoms with Crippen LogP contribution in [0.25, 0.3) is 0 Å². The zero-order valence-electron chi connectivity index (χ0n) is 19.0. The Morgan fingerprint density at radius 3 is 2.49 bits per heavy atom. The standard InChI is InChI=1S/C22H23F3N6O3S/c1-13-9-15(7-8-17(13)19(26)32)29-21-28-12-18(22(23,24)25)20(30-21)27-11-14-5-4-6-16(10-14)31(2)35(3,33)34/h4-10,12H,11H2,1-3H3,(H2,26,32)(H2,27,28,29,30). The lowest BCUT2D eigenvalue weighted by atomic mass is 10.1. The summed E-state index contributed by atoms with van der Waals surface area (Å²) in [5.74, 6) is -1.15. The number of halogens is 3. The van der Waals surface area contributed by atoms with Crippen molar-refractivity contribution in [1.82, 2.24) is 9.97 Å². The van der Waals surface area contributed by atoms with Gasteiger partial charge in [0.2, 0.25) is 21.9 Å². The number of hydrogen-bond acceptors (Lipinski definition) is 7. The first kappa shape index (κ1) is 25.7. The van der Waals surface area contributed by atoms with Gasteiger partial charge in [-0.15, -0.1) is 0 Å². The van der Waals surface area contributed by atoms with Crippen LogP contribution in [-0.4, -0.2) is 37.6 Å². The quantitative estimate of drug-likeness (QED) is 0.423.